The second kappa shape index (κ2) is 7.35. The maximum absolute atomic E-state index is 6.17. The maximum atomic E-state index is 6.17. The molecule has 0 unspecified atom stereocenters. The minimum Gasteiger partial charge on any atom is -0.385 e. The molecule has 0 spiro atoms. The Hall–Kier alpha value is -1.47. The molecule has 0 saturated carbocycles. The molecule has 0 atom stereocenters. The van der Waals surface area contributed by atoms with Gasteiger partial charge in [0.1, 0.15) is 0 Å². The lowest BCUT2D eigenvalue weighted by Crippen LogP contribution is -2.06. The molecule has 106 valence electrons. The standard InChI is InChI=1S/C18H22ClN/c1-3-15-10-6-8-14(2)18(15)20-13-7-11-16-9-4-5-12-17(16)19/h4-6,8-10,12,20H,3,7,11,13H2,1-2H3. The van der Waals surface area contributed by atoms with E-state index in [2.05, 4.69) is 43.4 Å². The van der Waals surface area contributed by atoms with Crippen molar-refractivity contribution in [3.8, 4) is 0 Å². The monoisotopic (exact) mass is 287 g/mol. The summed E-state index contributed by atoms with van der Waals surface area (Å²) in [6, 6.07) is 14.6. The Morgan fingerprint density at radius 1 is 1.00 bits per heavy atom. The van der Waals surface area contributed by atoms with Gasteiger partial charge in [-0.3, -0.25) is 0 Å². The number of nitrogens with one attached hydrogen (secondary N) is 1. The highest BCUT2D eigenvalue weighted by Crippen LogP contribution is 2.21. The number of aryl methyl sites for hydroxylation is 3. The Morgan fingerprint density at radius 2 is 1.75 bits per heavy atom. The van der Waals surface area contributed by atoms with E-state index in [1.54, 1.807) is 0 Å². The zero-order valence-corrected chi connectivity index (χ0v) is 13.0. The van der Waals surface area contributed by atoms with Crippen LogP contribution in [0.4, 0.5) is 5.69 Å². The highest BCUT2D eigenvalue weighted by Gasteiger charge is 2.03. The topological polar surface area (TPSA) is 12.0 Å². The van der Waals surface area contributed by atoms with E-state index in [1.165, 1.54) is 22.4 Å². The van der Waals surface area contributed by atoms with E-state index < -0.39 is 0 Å². The van der Waals surface area contributed by atoms with Gasteiger partial charge in [-0.25, -0.2) is 0 Å². The Balaban J connectivity index is 1.89. The Bertz CT molecular complexity index is 563. The molecule has 0 bridgehead atoms. The summed E-state index contributed by atoms with van der Waals surface area (Å²) >= 11 is 6.17. The van der Waals surface area contributed by atoms with Crippen molar-refractivity contribution in [2.24, 2.45) is 0 Å². The fourth-order valence-electron chi connectivity index (χ4n) is 2.47. The average Bonchev–Trinajstić information content (AvgIpc) is 2.46. The van der Waals surface area contributed by atoms with Crippen molar-refractivity contribution in [3.63, 3.8) is 0 Å². The van der Waals surface area contributed by atoms with E-state index in [4.69, 9.17) is 11.6 Å². The normalized spacial score (nSPS) is 10.6. The molecule has 0 fully saturated rings. The Kier molecular flexibility index (Phi) is 5.49. The predicted molar refractivity (Wildman–Crippen MR) is 88.8 cm³/mol. The van der Waals surface area contributed by atoms with Gasteiger partial charge >= 0.3 is 0 Å². The summed E-state index contributed by atoms with van der Waals surface area (Å²) in [5.41, 5.74) is 5.25. The van der Waals surface area contributed by atoms with Crippen LogP contribution in [0.2, 0.25) is 5.02 Å². The highest BCUT2D eigenvalue weighted by atomic mass is 35.5. The highest BCUT2D eigenvalue weighted by molar-refractivity contribution is 6.31. The van der Waals surface area contributed by atoms with Gasteiger partial charge in [0, 0.05) is 17.3 Å². The number of hydrogen-bond acceptors (Lipinski definition) is 1. The van der Waals surface area contributed by atoms with Crippen molar-refractivity contribution in [2.45, 2.75) is 33.1 Å². The third kappa shape index (κ3) is 3.77. The van der Waals surface area contributed by atoms with Crippen LogP contribution in [0.1, 0.15) is 30.0 Å². The molecule has 0 radical (unpaired) electrons. The van der Waals surface area contributed by atoms with Gasteiger partial charge in [0.2, 0.25) is 0 Å². The Morgan fingerprint density at radius 3 is 2.50 bits per heavy atom. The Labute approximate surface area is 127 Å². The van der Waals surface area contributed by atoms with Gasteiger partial charge in [-0.15, -0.1) is 0 Å². The van der Waals surface area contributed by atoms with Crippen molar-refractivity contribution in [1.82, 2.24) is 0 Å². The number of hydrogen-bond donors (Lipinski definition) is 1. The molecule has 2 heteroatoms. The van der Waals surface area contributed by atoms with Crippen LogP contribution >= 0.6 is 11.6 Å². The number of rotatable bonds is 6. The number of anilines is 1. The van der Waals surface area contributed by atoms with Gasteiger partial charge in [0.25, 0.3) is 0 Å². The summed E-state index contributed by atoms with van der Waals surface area (Å²) in [7, 11) is 0. The maximum Gasteiger partial charge on any atom is 0.0437 e. The van der Waals surface area contributed by atoms with Crippen LogP contribution in [0.15, 0.2) is 42.5 Å². The summed E-state index contributed by atoms with van der Waals surface area (Å²) < 4.78 is 0. The van der Waals surface area contributed by atoms with Gasteiger partial charge in [-0.2, -0.15) is 0 Å². The number of para-hydroxylation sites is 1. The van der Waals surface area contributed by atoms with Crippen molar-refractivity contribution in [3.05, 3.63) is 64.2 Å². The smallest absolute Gasteiger partial charge is 0.0437 e. The molecule has 0 amide bonds. The van der Waals surface area contributed by atoms with E-state index >= 15 is 0 Å². The van der Waals surface area contributed by atoms with Crippen LogP contribution in [0.25, 0.3) is 0 Å². The fraction of sp³-hybridized carbons (Fsp3) is 0.333. The third-order valence-electron chi connectivity index (χ3n) is 3.62. The molecule has 0 saturated heterocycles. The molecule has 2 aromatic rings. The van der Waals surface area contributed by atoms with Crippen molar-refractivity contribution in [1.29, 1.82) is 0 Å². The first-order chi connectivity index (χ1) is 9.72. The molecule has 2 aromatic carbocycles. The number of benzene rings is 2. The van der Waals surface area contributed by atoms with E-state index in [0.717, 1.165) is 30.8 Å². The van der Waals surface area contributed by atoms with Crippen molar-refractivity contribution >= 4 is 17.3 Å². The summed E-state index contributed by atoms with van der Waals surface area (Å²) in [6.07, 6.45) is 3.16. The van der Waals surface area contributed by atoms with E-state index in [9.17, 15) is 0 Å². The first-order valence-corrected chi connectivity index (χ1v) is 7.66. The van der Waals surface area contributed by atoms with Crippen LogP contribution in [0.3, 0.4) is 0 Å². The average molecular weight is 288 g/mol. The van der Waals surface area contributed by atoms with Crippen LogP contribution < -0.4 is 5.32 Å². The molecule has 1 N–H and O–H groups in total. The number of halogens is 1. The first-order valence-electron chi connectivity index (χ1n) is 7.28. The molecule has 0 aliphatic heterocycles. The van der Waals surface area contributed by atoms with Crippen LogP contribution in [-0.4, -0.2) is 6.54 Å². The third-order valence-corrected chi connectivity index (χ3v) is 3.99. The second-order valence-corrected chi connectivity index (χ2v) is 5.49. The lowest BCUT2D eigenvalue weighted by Gasteiger charge is -2.14. The van der Waals surface area contributed by atoms with Gasteiger partial charge in [0.05, 0.1) is 0 Å². The minimum absolute atomic E-state index is 0.873. The summed E-state index contributed by atoms with van der Waals surface area (Å²) in [5, 5.41) is 4.45. The van der Waals surface area contributed by atoms with E-state index in [1.807, 2.05) is 18.2 Å². The van der Waals surface area contributed by atoms with E-state index in [-0.39, 0.29) is 0 Å². The summed E-state index contributed by atoms with van der Waals surface area (Å²) in [6.45, 7) is 5.34. The summed E-state index contributed by atoms with van der Waals surface area (Å²) in [4.78, 5) is 0. The molecule has 0 aliphatic rings. The molecule has 2 rings (SSSR count). The lowest BCUT2D eigenvalue weighted by molar-refractivity contribution is 0.860. The molecule has 0 aromatic heterocycles. The molecule has 0 heterocycles. The first kappa shape index (κ1) is 14.9. The van der Waals surface area contributed by atoms with E-state index in [0.29, 0.717) is 0 Å². The summed E-state index contributed by atoms with van der Waals surface area (Å²) in [5.74, 6) is 0. The zero-order chi connectivity index (χ0) is 14.4. The molecular weight excluding hydrogens is 266 g/mol. The largest absolute Gasteiger partial charge is 0.385 e. The van der Waals surface area contributed by atoms with Gasteiger partial charge in [-0.05, 0) is 48.9 Å². The SMILES string of the molecule is CCc1cccc(C)c1NCCCc1ccccc1Cl. The quantitative estimate of drug-likeness (QED) is 0.715. The zero-order valence-electron chi connectivity index (χ0n) is 12.2. The molecule has 20 heavy (non-hydrogen) atoms. The van der Waals surface area contributed by atoms with Gasteiger partial charge in [0.15, 0.2) is 0 Å². The molecule has 0 aliphatic carbocycles. The predicted octanol–water partition coefficient (Wildman–Crippen LogP) is 5.26. The lowest BCUT2D eigenvalue weighted by atomic mass is 10.1. The van der Waals surface area contributed by atoms with Crippen LogP contribution in [0, 0.1) is 6.92 Å². The van der Waals surface area contributed by atoms with Gasteiger partial charge in [-0.1, -0.05) is 54.9 Å². The van der Waals surface area contributed by atoms with Crippen LogP contribution in [-0.2, 0) is 12.8 Å². The van der Waals surface area contributed by atoms with Gasteiger partial charge < -0.3 is 5.32 Å². The van der Waals surface area contributed by atoms with Crippen molar-refractivity contribution < 1.29 is 0 Å². The fourth-order valence-corrected chi connectivity index (χ4v) is 2.70. The van der Waals surface area contributed by atoms with Crippen LogP contribution in [0.5, 0.6) is 0 Å². The molecule has 1 nitrogen and oxygen atoms in total. The van der Waals surface area contributed by atoms with Crippen molar-refractivity contribution in [2.75, 3.05) is 11.9 Å². The minimum atomic E-state index is 0.873. The second-order valence-electron chi connectivity index (χ2n) is 5.08. The molecular formula is C18H22ClN.